The van der Waals surface area contributed by atoms with Crippen molar-refractivity contribution in [2.75, 3.05) is 12.1 Å². The van der Waals surface area contributed by atoms with E-state index in [2.05, 4.69) is 10.6 Å². The lowest BCUT2D eigenvalue weighted by Crippen LogP contribution is -2.34. The molecule has 0 fully saturated rings. The molecule has 2 aromatic carbocycles. The monoisotopic (exact) mass is 406 g/mol. The van der Waals surface area contributed by atoms with Gasteiger partial charge in [-0.15, -0.1) is 0 Å². The number of benzene rings is 2. The molecular formula is C19H19ClN2O4S. The number of phenols is 1. The molecule has 1 aliphatic heterocycles. The maximum absolute atomic E-state index is 12.4. The van der Waals surface area contributed by atoms with E-state index in [9.17, 15) is 9.90 Å². The lowest BCUT2D eigenvalue weighted by Gasteiger charge is -2.21. The summed E-state index contributed by atoms with van der Waals surface area (Å²) in [6, 6.07) is 8.30. The molecule has 1 heterocycles. The molecule has 27 heavy (non-hydrogen) atoms. The van der Waals surface area contributed by atoms with Crippen LogP contribution in [0.1, 0.15) is 36.7 Å². The number of nitrogens with one attached hydrogen (secondary N) is 2. The lowest BCUT2D eigenvalue weighted by atomic mass is 9.87. The summed E-state index contributed by atoms with van der Waals surface area (Å²) in [4.78, 5) is 12.4. The molecule has 3 rings (SSSR count). The first kappa shape index (κ1) is 19.3. The summed E-state index contributed by atoms with van der Waals surface area (Å²) in [6.45, 7) is 6.21. The van der Waals surface area contributed by atoms with E-state index in [1.807, 2.05) is 20.8 Å². The number of hydrogen-bond acceptors (Lipinski definition) is 5. The van der Waals surface area contributed by atoms with Gasteiger partial charge in [0.1, 0.15) is 0 Å². The van der Waals surface area contributed by atoms with Crippen LogP contribution in [0.4, 0.5) is 5.69 Å². The summed E-state index contributed by atoms with van der Waals surface area (Å²) in [6.07, 6.45) is 0. The highest BCUT2D eigenvalue weighted by Gasteiger charge is 2.20. The van der Waals surface area contributed by atoms with Crippen LogP contribution in [0, 0.1) is 0 Å². The molecule has 0 radical (unpaired) electrons. The van der Waals surface area contributed by atoms with Crippen molar-refractivity contribution in [2.45, 2.75) is 26.2 Å². The molecule has 2 aromatic rings. The number of hydrogen-bond donors (Lipinski definition) is 3. The van der Waals surface area contributed by atoms with Crippen LogP contribution in [-0.2, 0) is 5.41 Å². The molecule has 6 nitrogen and oxygen atoms in total. The second kappa shape index (κ2) is 7.25. The first-order valence-corrected chi connectivity index (χ1v) is 8.99. The molecule has 1 amide bonds. The van der Waals surface area contributed by atoms with Crippen molar-refractivity contribution >= 4 is 40.5 Å². The number of fused-ring (bicyclic) bond motifs is 1. The Hall–Kier alpha value is -2.51. The Morgan fingerprint density at radius 3 is 2.59 bits per heavy atom. The SMILES string of the molecule is CC(C)(C)c1cc(Cl)c(O)c(NC(=S)NC(=O)c2ccc3c(c2)OCO3)c1. The van der Waals surface area contributed by atoms with Crippen LogP contribution >= 0.6 is 23.8 Å². The molecule has 0 saturated heterocycles. The van der Waals surface area contributed by atoms with Crippen LogP contribution in [0.3, 0.4) is 0 Å². The third kappa shape index (κ3) is 4.26. The van der Waals surface area contributed by atoms with Crippen LogP contribution < -0.4 is 20.1 Å². The molecule has 0 aliphatic carbocycles. The van der Waals surface area contributed by atoms with Crippen LogP contribution in [-0.4, -0.2) is 22.9 Å². The summed E-state index contributed by atoms with van der Waals surface area (Å²) < 4.78 is 10.5. The second-order valence-corrected chi connectivity index (χ2v) is 7.90. The maximum Gasteiger partial charge on any atom is 0.257 e. The Bertz CT molecular complexity index is 925. The zero-order chi connectivity index (χ0) is 19.8. The highest BCUT2D eigenvalue weighted by Crippen LogP contribution is 2.37. The summed E-state index contributed by atoms with van der Waals surface area (Å²) in [5, 5.41) is 15.8. The second-order valence-electron chi connectivity index (χ2n) is 7.08. The third-order valence-electron chi connectivity index (χ3n) is 4.04. The average molecular weight is 407 g/mol. The van der Waals surface area contributed by atoms with E-state index in [1.54, 1.807) is 30.3 Å². The highest BCUT2D eigenvalue weighted by molar-refractivity contribution is 7.80. The number of carbonyl (C=O) groups excluding carboxylic acids is 1. The fourth-order valence-electron chi connectivity index (χ4n) is 2.49. The van der Waals surface area contributed by atoms with Crippen molar-refractivity contribution in [1.82, 2.24) is 5.32 Å². The van der Waals surface area contributed by atoms with E-state index in [-0.39, 0.29) is 28.1 Å². The highest BCUT2D eigenvalue weighted by atomic mass is 35.5. The van der Waals surface area contributed by atoms with Crippen molar-refractivity contribution in [2.24, 2.45) is 0 Å². The third-order valence-corrected chi connectivity index (χ3v) is 4.53. The fourth-order valence-corrected chi connectivity index (χ4v) is 2.92. The molecule has 8 heteroatoms. The topological polar surface area (TPSA) is 79.8 Å². The Morgan fingerprint density at radius 1 is 1.19 bits per heavy atom. The van der Waals surface area contributed by atoms with Crippen molar-refractivity contribution in [3.8, 4) is 17.2 Å². The number of ether oxygens (including phenoxy) is 2. The Balaban J connectivity index is 1.74. The van der Waals surface area contributed by atoms with E-state index >= 15 is 0 Å². The first-order chi connectivity index (χ1) is 12.6. The van der Waals surface area contributed by atoms with Crippen molar-refractivity contribution in [3.63, 3.8) is 0 Å². The van der Waals surface area contributed by atoms with E-state index < -0.39 is 5.91 Å². The van der Waals surface area contributed by atoms with Crippen LogP contribution in [0.15, 0.2) is 30.3 Å². The predicted octanol–water partition coefficient (Wildman–Crippen LogP) is 4.20. The number of phenolic OH excluding ortho intramolecular Hbond substituents is 1. The Labute approximate surface area is 167 Å². The van der Waals surface area contributed by atoms with Gasteiger partial charge in [-0.3, -0.25) is 10.1 Å². The summed E-state index contributed by atoms with van der Waals surface area (Å²) >= 11 is 11.3. The van der Waals surface area contributed by atoms with Gasteiger partial charge in [-0.2, -0.15) is 0 Å². The van der Waals surface area contributed by atoms with Crippen LogP contribution in [0.2, 0.25) is 5.02 Å². The number of halogens is 1. The zero-order valence-corrected chi connectivity index (χ0v) is 16.6. The average Bonchev–Trinajstić information content (AvgIpc) is 3.05. The van der Waals surface area contributed by atoms with Crippen LogP contribution in [0.5, 0.6) is 17.2 Å². The van der Waals surface area contributed by atoms with Gasteiger partial charge in [0.15, 0.2) is 22.4 Å². The molecule has 0 bridgehead atoms. The van der Waals surface area contributed by atoms with E-state index in [0.717, 1.165) is 5.56 Å². The van der Waals surface area contributed by atoms with Gasteiger partial charge >= 0.3 is 0 Å². The Morgan fingerprint density at radius 2 is 1.89 bits per heavy atom. The van der Waals surface area contributed by atoms with Gasteiger partial charge in [0.2, 0.25) is 6.79 Å². The molecule has 0 spiro atoms. The Kier molecular flexibility index (Phi) is 5.17. The molecule has 1 aliphatic rings. The van der Waals surface area contributed by atoms with Gasteiger partial charge in [-0.25, -0.2) is 0 Å². The molecule has 3 N–H and O–H groups in total. The summed E-state index contributed by atoms with van der Waals surface area (Å²) in [5.74, 6) is 0.544. The quantitative estimate of drug-likeness (QED) is 0.512. The number of anilines is 1. The zero-order valence-electron chi connectivity index (χ0n) is 15.1. The fraction of sp³-hybridized carbons (Fsp3) is 0.263. The van der Waals surface area contributed by atoms with Gasteiger partial charge in [0.05, 0.1) is 10.7 Å². The number of carbonyl (C=O) groups is 1. The van der Waals surface area contributed by atoms with Gasteiger partial charge < -0.3 is 19.9 Å². The summed E-state index contributed by atoms with van der Waals surface area (Å²) in [5.41, 5.74) is 1.43. The largest absolute Gasteiger partial charge is 0.504 e. The maximum atomic E-state index is 12.4. The van der Waals surface area contributed by atoms with E-state index in [4.69, 9.17) is 33.3 Å². The van der Waals surface area contributed by atoms with Gasteiger partial charge in [0, 0.05) is 5.56 Å². The van der Waals surface area contributed by atoms with Crippen molar-refractivity contribution in [3.05, 3.63) is 46.5 Å². The predicted molar refractivity (Wildman–Crippen MR) is 108 cm³/mol. The molecular weight excluding hydrogens is 388 g/mol. The standard InChI is InChI=1S/C19H19ClN2O4S/c1-19(2,3)11-7-12(20)16(23)13(8-11)21-18(27)22-17(24)10-4-5-14-15(6-10)26-9-25-14/h4-8,23H,9H2,1-3H3,(H2,21,22,24,27). The normalized spacial score (nSPS) is 12.6. The molecule has 0 unspecified atom stereocenters. The molecule has 142 valence electrons. The number of aromatic hydroxyl groups is 1. The van der Waals surface area contributed by atoms with E-state index in [0.29, 0.717) is 22.7 Å². The van der Waals surface area contributed by atoms with Gasteiger partial charge in [0.25, 0.3) is 5.91 Å². The minimum atomic E-state index is -0.414. The van der Waals surface area contributed by atoms with E-state index in [1.165, 1.54) is 0 Å². The molecule has 0 aromatic heterocycles. The van der Waals surface area contributed by atoms with Crippen molar-refractivity contribution in [1.29, 1.82) is 0 Å². The number of thiocarbonyl (C=S) groups is 1. The van der Waals surface area contributed by atoms with Gasteiger partial charge in [-0.1, -0.05) is 32.4 Å². The van der Waals surface area contributed by atoms with Crippen LogP contribution in [0.25, 0.3) is 0 Å². The number of rotatable bonds is 2. The van der Waals surface area contributed by atoms with Gasteiger partial charge in [-0.05, 0) is 53.5 Å². The first-order valence-electron chi connectivity index (χ1n) is 8.20. The molecule has 0 atom stereocenters. The smallest absolute Gasteiger partial charge is 0.257 e. The molecule has 0 saturated carbocycles. The number of amides is 1. The minimum absolute atomic E-state index is 0.0371. The minimum Gasteiger partial charge on any atom is -0.504 e. The lowest BCUT2D eigenvalue weighted by molar-refractivity contribution is 0.0977. The summed E-state index contributed by atoms with van der Waals surface area (Å²) in [7, 11) is 0. The van der Waals surface area contributed by atoms with Crippen molar-refractivity contribution < 1.29 is 19.4 Å².